The molecule has 0 radical (unpaired) electrons. The summed E-state index contributed by atoms with van der Waals surface area (Å²) in [4.78, 5) is 32.3. The van der Waals surface area contributed by atoms with E-state index in [0.717, 1.165) is 6.92 Å². The number of carbonyl (C=O) groups excluding carboxylic acids is 3. The zero-order valence-corrected chi connectivity index (χ0v) is 8.04. The van der Waals surface area contributed by atoms with Gasteiger partial charge in [0.15, 0.2) is 0 Å². The van der Waals surface area contributed by atoms with Crippen molar-refractivity contribution in [2.75, 3.05) is 0 Å². The topological polar surface area (TPSA) is 97.8 Å². The van der Waals surface area contributed by atoms with Crippen molar-refractivity contribution in [1.29, 1.82) is 0 Å². The molecule has 1 aliphatic rings. The maximum atomic E-state index is 11.1. The standard InChI is InChI=1S/C6H7NO6S.Na.H/c1-4(8)13-14(11,12)7-5(9)2-3-6(7)10;;/h2-3H2,1H3;;. The minimum absolute atomic E-state index is 0. The molecule has 0 aliphatic carbocycles. The van der Waals surface area contributed by atoms with Crippen LogP contribution < -0.4 is 0 Å². The Hall–Kier alpha value is -0.440. The van der Waals surface area contributed by atoms with Gasteiger partial charge in [0.1, 0.15) is 0 Å². The summed E-state index contributed by atoms with van der Waals surface area (Å²) >= 11 is 0. The molecule has 9 heteroatoms. The van der Waals surface area contributed by atoms with Gasteiger partial charge in [-0.25, -0.2) is 0 Å². The van der Waals surface area contributed by atoms with Gasteiger partial charge in [-0.05, 0) is 0 Å². The van der Waals surface area contributed by atoms with Crippen LogP contribution in [0.25, 0.3) is 0 Å². The van der Waals surface area contributed by atoms with E-state index in [-0.39, 0.29) is 46.7 Å². The average Bonchev–Trinajstić information content (AvgIpc) is 2.27. The fourth-order valence-electron chi connectivity index (χ4n) is 0.991. The summed E-state index contributed by atoms with van der Waals surface area (Å²) in [6.07, 6.45) is -0.362. The number of nitrogens with zero attached hydrogens (tertiary/aromatic N) is 1. The molecule has 1 rings (SSSR count). The van der Waals surface area contributed by atoms with Crippen molar-refractivity contribution in [2.24, 2.45) is 0 Å². The van der Waals surface area contributed by atoms with Gasteiger partial charge in [0.2, 0.25) is 11.8 Å². The summed E-state index contributed by atoms with van der Waals surface area (Å²) in [6.45, 7) is 0.864. The minimum atomic E-state index is -4.57. The molecule has 80 valence electrons. The van der Waals surface area contributed by atoms with Crippen LogP contribution in [0.15, 0.2) is 0 Å². The van der Waals surface area contributed by atoms with Gasteiger partial charge in [0.05, 0.1) is 0 Å². The molecule has 1 heterocycles. The predicted octanol–water partition coefficient (Wildman–Crippen LogP) is -1.71. The van der Waals surface area contributed by atoms with Crippen LogP contribution in [0, 0.1) is 0 Å². The Bertz CT molecular complexity index is 386. The fraction of sp³-hybridized carbons (Fsp3) is 0.500. The zero-order chi connectivity index (χ0) is 10.9. The monoisotopic (exact) mass is 245 g/mol. The second kappa shape index (κ2) is 5.06. The molecule has 2 amide bonds. The van der Waals surface area contributed by atoms with Crippen LogP contribution in [-0.2, 0) is 28.9 Å². The van der Waals surface area contributed by atoms with Gasteiger partial charge < -0.3 is 4.18 Å². The van der Waals surface area contributed by atoms with Crippen LogP contribution in [0.2, 0.25) is 0 Å². The molecule has 1 fully saturated rings. The van der Waals surface area contributed by atoms with Crippen LogP contribution in [0.3, 0.4) is 0 Å². The summed E-state index contributed by atoms with van der Waals surface area (Å²) in [5.74, 6) is -2.86. The second-order valence-electron chi connectivity index (χ2n) is 2.58. The molecule has 0 aromatic carbocycles. The summed E-state index contributed by atoms with van der Waals surface area (Å²) in [7, 11) is -4.57. The molecule has 0 atom stereocenters. The first-order valence-corrected chi connectivity index (χ1v) is 5.02. The van der Waals surface area contributed by atoms with Crippen molar-refractivity contribution in [1.82, 2.24) is 4.31 Å². The Labute approximate surface area is 108 Å². The van der Waals surface area contributed by atoms with E-state index >= 15 is 0 Å². The molecular weight excluding hydrogens is 237 g/mol. The maximum absolute atomic E-state index is 11.1. The number of amides is 2. The van der Waals surface area contributed by atoms with Crippen LogP contribution in [-0.4, -0.2) is 60.1 Å². The van der Waals surface area contributed by atoms with Crippen LogP contribution in [0.1, 0.15) is 19.8 Å². The Morgan fingerprint density at radius 1 is 1.27 bits per heavy atom. The third-order valence-electron chi connectivity index (χ3n) is 1.45. The van der Waals surface area contributed by atoms with E-state index in [1.807, 2.05) is 0 Å². The Morgan fingerprint density at radius 3 is 2.00 bits per heavy atom. The third kappa shape index (κ3) is 3.26. The molecule has 0 unspecified atom stereocenters. The Kier molecular flexibility index (Phi) is 4.91. The average molecular weight is 245 g/mol. The van der Waals surface area contributed by atoms with Crippen molar-refractivity contribution in [2.45, 2.75) is 19.8 Å². The van der Waals surface area contributed by atoms with Crippen molar-refractivity contribution >= 4 is 57.6 Å². The first-order chi connectivity index (χ1) is 6.34. The first kappa shape index (κ1) is 14.6. The van der Waals surface area contributed by atoms with Crippen LogP contribution >= 0.6 is 0 Å². The molecule has 1 aliphatic heterocycles. The van der Waals surface area contributed by atoms with E-state index in [2.05, 4.69) is 4.18 Å². The normalized spacial score (nSPS) is 16.2. The molecule has 0 bridgehead atoms. The molecule has 15 heavy (non-hydrogen) atoms. The fourth-order valence-corrected chi connectivity index (χ4v) is 2.04. The molecule has 1 saturated heterocycles. The third-order valence-corrected chi connectivity index (χ3v) is 2.75. The summed E-state index contributed by atoms with van der Waals surface area (Å²) in [6, 6.07) is 0. The number of carbonyl (C=O) groups is 3. The molecule has 7 nitrogen and oxygen atoms in total. The second-order valence-corrected chi connectivity index (χ2v) is 3.97. The molecule has 0 saturated carbocycles. The number of hydrogen-bond acceptors (Lipinski definition) is 6. The first-order valence-electron chi connectivity index (χ1n) is 3.65. The van der Waals surface area contributed by atoms with Crippen molar-refractivity contribution in [3.63, 3.8) is 0 Å². The van der Waals surface area contributed by atoms with Gasteiger partial charge in [-0.15, -0.1) is 4.31 Å². The summed E-state index contributed by atoms with van der Waals surface area (Å²) < 4.78 is 26.1. The zero-order valence-electron chi connectivity index (χ0n) is 7.22. The van der Waals surface area contributed by atoms with Gasteiger partial charge in [0.25, 0.3) is 0 Å². The molecule has 0 aromatic heterocycles. The SMILES string of the molecule is CC(=O)OS(=O)(=O)N1C(=O)CCC1=O.[NaH]. The van der Waals surface area contributed by atoms with Crippen molar-refractivity contribution in [3.8, 4) is 0 Å². The number of rotatable bonds is 2. The van der Waals surface area contributed by atoms with E-state index in [1.54, 1.807) is 0 Å². The number of imide groups is 1. The van der Waals surface area contributed by atoms with Gasteiger partial charge in [0, 0.05) is 19.8 Å². The van der Waals surface area contributed by atoms with Crippen molar-refractivity contribution < 1.29 is 27.0 Å². The van der Waals surface area contributed by atoms with Crippen LogP contribution in [0.4, 0.5) is 0 Å². The van der Waals surface area contributed by atoms with E-state index in [4.69, 9.17) is 0 Å². The van der Waals surface area contributed by atoms with Gasteiger partial charge in [-0.2, -0.15) is 8.42 Å². The van der Waals surface area contributed by atoms with E-state index in [1.165, 1.54) is 0 Å². The molecular formula is C6H8NNaO6S. The summed E-state index contributed by atoms with van der Waals surface area (Å²) in [5.41, 5.74) is 0. The molecule has 0 aromatic rings. The predicted molar refractivity (Wildman–Crippen MR) is 48.9 cm³/mol. The quantitative estimate of drug-likeness (QED) is 0.424. The van der Waals surface area contributed by atoms with Crippen LogP contribution in [0.5, 0.6) is 0 Å². The van der Waals surface area contributed by atoms with Gasteiger partial charge >= 0.3 is 45.8 Å². The summed E-state index contributed by atoms with van der Waals surface area (Å²) in [5, 5.41) is 0. The number of hydrogen-bond donors (Lipinski definition) is 0. The molecule has 0 spiro atoms. The van der Waals surface area contributed by atoms with Gasteiger partial charge in [-0.3, -0.25) is 14.4 Å². The van der Waals surface area contributed by atoms with E-state index < -0.39 is 28.1 Å². The van der Waals surface area contributed by atoms with E-state index in [9.17, 15) is 22.8 Å². The van der Waals surface area contributed by atoms with Crippen molar-refractivity contribution in [3.05, 3.63) is 0 Å². The molecule has 0 N–H and O–H groups in total. The van der Waals surface area contributed by atoms with Gasteiger partial charge in [-0.1, -0.05) is 0 Å². The Balaban J connectivity index is 0.00000196. The Morgan fingerprint density at radius 2 is 1.67 bits per heavy atom. The van der Waals surface area contributed by atoms with E-state index in [0.29, 0.717) is 0 Å².